The van der Waals surface area contributed by atoms with Crippen molar-refractivity contribution < 1.29 is 0 Å². The standard InChI is InChI=1S/C16H17N3/c1-13(2)19(12-14-6-4-3-5-7-14)16-11-18-9-8-15(16)10-17/h3-9,11,13H,12H2,1-2H3. The third kappa shape index (κ3) is 3.11. The summed E-state index contributed by atoms with van der Waals surface area (Å²) in [4.78, 5) is 6.34. The number of aromatic nitrogens is 1. The summed E-state index contributed by atoms with van der Waals surface area (Å²) in [6, 6.07) is 14.6. The van der Waals surface area contributed by atoms with Gasteiger partial charge in [0.1, 0.15) is 6.07 Å². The Labute approximate surface area is 114 Å². The van der Waals surface area contributed by atoms with Crippen LogP contribution in [-0.2, 0) is 6.54 Å². The van der Waals surface area contributed by atoms with Crippen LogP contribution in [0.2, 0.25) is 0 Å². The van der Waals surface area contributed by atoms with Crippen LogP contribution >= 0.6 is 0 Å². The predicted octanol–water partition coefficient (Wildman–Crippen LogP) is 3.37. The molecular weight excluding hydrogens is 234 g/mol. The molecule has 2 aromatic rings. The third-order valence-electron chi connectivity index (χ3n) is 3.05. The molecule has 0 unspecified atom stereocenters. The first kappa shape index (κ1) is 13.1. The van der Waals surface area contributed by atoms with Gasteiger partial charge in [-0.2, -0.15) is 5.26 Å². The van der Waals surface area contributed by atoms with Crippen molar-refractivity contribution in [3.63, 3.8) is 0 Å². The lowest BCUT2D eigenvalue weighted by Gasteiger charge is -2.29. The Kier molecular flexibility index (Phi) is 4.15. The van der Waals surface area contributed by atoms with Gasteiger partial charge in [-0.25, -0.2) is 0 Å². The highest BCUT2D eigenvalue weighted by Crippen LogP contribution is 2.23. The van der Waals surface area contributed by atoms with E-state index in [1.54, 1.807) is 18.5 Å². The lowest BCUT2D eigenvalue weighted by atomic mass is 10.1. The first-order valence-corrected chi connectivity index (χ1v) is 6.37. The number of pyridine rings is 1. The van der Waals surface area contributed by atoms with Crippen molar-refractivity contribution in [2.75, 3.05) is 4.90 Å². The van der Waals surface area contributed by atoms with Crippen LogP contribution in [0.25, 0.3) is 0 Å². The van der Waals surface area contributed by atoms with Crippen LogP contribution in [0, 0.1) is 11.3 Å². The highest BCUT2D eigenvalue weighted by molar-refractivity contribution is 5.58. The van der Waals surface area contributed by atoms with E-state index in [1.807, 2.05) is 18.2 Å². The second-order valence-corrected chi connectivity index (χ2v) is 4.71. The fourth-order valence-corrected chi connectivity index (χ4v) is 2.04. The minimum atomic E-state index is 0.302. The molecule has 2 rings (SSSR count). The van der Waals surface area contributed by atoms with Crippen LogP contribution in [0.5, 0.6) is 0 Å². The van der Waals surface area contributed by atoms with Crippen LogP contribution in [0.4, 0.5) is 5.69 Å². The first-order valence-electron chi connectivity index (χ1n) is 6.37. The lowest BCUT2D eigenvalue weighted by molar-refractivity contribution is 0.680. The molecular formula is C16H17N3. The lowest BCUT2D eigenvalue weighted by Crippen LogP contribution is -2.30. The molecule has 1 heterocycles. The summed E-state index contributed by atoms with van der Waals surface area (Å²) in [7, 11) is 0. The zero-order chi connectivity index (χ0) is 13.7. The molecule has 0 spiro atoms. The summed E-state index contributed by atoms with van der Waals surface area (Å²) >= 11 is 0. The number of benzene rings is 1. The molecule has 0 amide bonds. The summed E-state index contributed by atoms with van der Waals surface area (Å²) in [5.74, 6) is 0. The van der Waals surface area contributed by atoms with Crippen LogP contribution in [0.3, 0.4) is 0 Å². The van der Waals surface area contributed by atoms with E-state index in [9.17, 15) is 5.26 Å². The molecule has 3 heteroatoms. The molecule has 19 heavy (non-hydrogen) atoms. The van der Waals surface area contributed by atoms with Gasteiger partial charge in [-0.15, -0.1) is 0 Å². The number of hydrogen-bond donors (Lipinski definition) is 0. The zero-order valence-electron chi connectivity index (χ0n) is 11.2. The fourth-order valence-electron chi connectivity index (χ4n) is 2.04. The van der Waals surface area contributed by atoms with Gasteiger partial charge in [0.05, 0.1) is 17.4 Å². The van der Waals surface area contributed by atoms with E-state index in [0.29, 0.717) is 11.6 Å². The average Bonchev–Trinajstić information content (AvgIpc) is 2.45. The topological polar surface area (TPSA) is 39.9 Å². The van der Waals surface area contributed by atoms with Crippen LogP contribution in [0.1, 0.15) is 25.0 Å². The van der Waals surface area contributed by atoms with E-state index in [-0.39, 0.29) is 0 Å². The predicted molar refractivity (Wildman–Crippen MR) is 76.7 cm³/mol. The maximum atomic E-state index is 9.21. The smallest absolute Gasteiger partial charge is 0.101 e. The number of rotatable bonds is 4. The van der Waals surface area contributed by atoms with Crippen molar-refractivity contribution in [2.24, 2.45) is 0 Å². The molecule has 0 saturated heterocycles. The Morgan fingerprint density at radius 1 is 1.21 bits per heavy atom. The molecule has 0 radical (unpaired) electrons. The van der Waals surface area contributed by atoms with Crippen molar-refractivity contribution in [3.05, 3.63) is 59.9 Å². The van der Waals surface area contributed by atoms with Crippen molar-refractivity contribution in [1.82, 2.24) is 4.98 Å². The maximum absolute atomic E-state index is 9.21. The summed E-state index contributed by atoms with van der Waals surface area (Å²) in [6.07, 6.45) is 3.42. The molecule has 0 atom stereocenters. The van der Waals surface area contributed by atoms with E-state index in [0.717, 1.165) is 12.2 Å². The third-order valence-corrected chi connectivity index (χ3v) is 3.05. The highest BCUT2D eigenvalue weighted by Gasteiger charge is 2.15. The van der Waals surface area contributed by atoms with Crippen molar-refractivity contribution >= 4 is 5.69 Å². The molecule has 0 N–H and O–H groups in total. The zero-order valence-corrected chi connectivity index (χ0v) is 11.2. The molecule has 96 valence electrons. The Morgan fingerprint density at radius 2 is 1.95 bits per heavy atom. The first-order chi connectivity index (χ1) is 9.22. The molecule has 0 fully saturated rings. The number of nitrogens with zero attached hydrogens (tertiary/aromatic N) is 3. The Bertz CT molecular complexity index is 570. The monoisotopic (exact) mass is 251 g/mol. The van der Waals surface area contributed by atoms with Crippen molar-refractivity contribution in [2.45, 2.75) is 26.4 Å². The van der Waals surface area contributed by atoms with Gasteiger partial charge in [-0.05, 0) is 25.5 Å². The Hall–Kier alpha value is -2.34. The number of anilines is 1. The minimum Gasteiger partial charge on any atom is -0.362 e. The van der Waals surface area contributed by atoms with Gasteiger partial charge >= 0.3 is 0 Å². The van der Waals surface area contributed by atoms with E-state index in [4.69, 9.17) is 0 Å². The van der Waals surface area contributed by atoms with Crippen molar-refractivity contribution in [3.8, 4) is 6.07 Å². The minimum absolute atomic E-state index is 0.302. The van der Waals surface area contributed by atoms with E-state index in [1.165, 1.54) is 5.56 Å². The van der Waals surface area contributed by atoms with Crippen LogP contribution in [0.15, 0.2) is 48.8 Å². The average molecular weight is 251 g/mol. The van der Waals surface area contributed by atoms with Gasteiger partial charge < -0.3 is 4.90 Å². The molecule has 0 saturated carbocycles. The van der Waals surface area contributed by atoms with Gasteiger partial charge in [0, 0.05) is 18.8 Å². The van der Waals surface area contributed by atoms with Gasteiger partial charge in [0.25, 0.3) is 0 Å². The maximum Gasteiger partial charge on any atom is 0.101 e. The Balaban J connectivity index is 2.33. The second kappa shape index (κ2) is 6.01. The van der Waals surface area contributed by atoms with E-state index in [2.05, 4.69) is 41.9 Å². The largest absolute Gasteiger partial charge is 0.362 e. The summed E-state index contributed by atoms with van der Waals surface area (Å²) in [5.41, 5.74) is 2.78. The molecule has 0 bridgehead atoms. The molecule has 1 aromatic carbocycles. The van der Waals surface area contributed by atoms with Crippen molar-refractivity contribution in [1.29, 1.82) is 5.26 Å². The van der Waals surface area contributed by atoms with E-state index < -0.39 is 0 Å². The van der Waals surface area contributed by atoms with Gasteiger partial charge in [-0.1, -0.05) is 30.3 Å². The summed E-state index contributed by atoms with van der Waals surface area (Å²) in [5, 5.41) is 9.21. The Morgan fingerprint density at radius 3 is 2.58 bits per heavy atom. The second-order valence-electron chi connectivity index (χ2n) is 4.71. The summed E-state index contributed by atoms with van der Waals surface area (Å²) in [6.45, 7) is 5.02. The van der Waals surface area contributed by atoms with Gasteiger partial charge in [0.15, 0.2) is 0 Å². The van der Waals surface area contributed by atoms with E-state index >= 15 is 0 Å². The number of hydrogen-bond acceptors (Lipinski definition) is 3. The fraction of sp³-hybridized carbons (Fsp3) is 0.250. The quantitative estimate of drug-likeness (QED) is 0.836. The number of nitriles is 1. The highest BCUT2D eigenvalue weighted by atomic mass is 15.2. The van der Waals surface area contributed by atoms with Gasteiger partial charge in [0.2, 0.25) is 0 Å². The summed E-state index contributed by atoms with van der Waals surface area (Å²) < 4.78 is 0. The SMILES string of the molecule is CC(C)N(Cc1ccccc1)c1cnccc1C#N. The van der Waals surface area contributed by atoms with Crippen LogP contribution < -0.4 is 4.90 Å². The molecule has 3 nitrogen and oxygen atoms in total. The molecule has 1 aromatic heterocycles. The molecule has 0 aliphatic rings. The normalized spacial score (nSPS) is 10.2. The molecule has 0 aliphatic carbocycles. The van der Waals surface area contributed by atoms with Gasteiger partial charge in [-0.3, -0.25) is 4.98 Å². The molecule has 0 aliphatic heterocycles. The van der Waals surface area contributed by atoms with Crippen LogP contribution in [-0.4, -0.2) is 11.0 Å².